The summed E-state index contributed by atoms with van der Waals surface area (Å²) in [6.07, 6.45) is 0. The Morgan fingerprint density at radius 3 is 2.15 bits per heavy atom. The third-order valence-corrected chi connectivity index (χ3v) is 3.16. The normalized spacial score (nSPS) is 10.4. The summed E-state index contributed by atoms with van der Waals surface area (Å²) in [4.78, 5) is 26.3. The predicted octanol–water partition coefficient (Wildman–Crippen LogP) is 2.86. The van der Waals surface area contributed by atoms with Crippen LogP contribution >= 0.6 is 0 Å². The van der Waals surface area contributed by atoms with E-state index in [2.05, 4.69) is 10.3 Å². The molecule has 0 aliphatic rings. The molecule has 1 amide bonds. The molecule has 1 aromatic heterocycles. The quantitative estimate of drug-likeness (QED) is 0.881. The van der Waals surface area contributed by atoms with Crippen LogP contribution in [0.15, 0.2) is 29.1 Å². The van der Waals surface area contributed by atoms with Crippen molar-refractivity contribution in [3.05, 3.63) is 62.6 Å². The van der Waals surface area contributed by atoms with Gasteiger partial charge in [0.2, 0.25) is 5.56 Å². The van der Waals surface area contributed by atoms with Crippen molar-refractivity contribution in [3.8, 4) is 0 Å². The highest BCUT2D eigenvalue weighted by Gasteiger charge is 2.11. The number of aromatic nitrogens is 1. The first kappa shape index (κ1) is 14.1. The fourth-order valence-electron chi connectivity index (χ4n) is 2.38. The highest BCUT2D eigenvalue weighted by atomic mass is 16.2. The van der Waals surface area contributed by atoms with Gasteiger partial charge in [-0.25, -0.2) is 0 Å². The Labute approximate surface area is 117 Å². The van der Waals surface area contributed by atoms with Crippen LogP contribution in [0.5, 0.6) is 0 Å². The summed E-state index contributed by atoms with van der Waals surface area (Å²) in [5, 5.41) is 2.88. The van der Waals surface area contributed by atoms with Crippen LogP contribution in [0, 0.1) is 27.7 Å². The lowest BCUT2D eigenvalue weighted by Gasteiger charge is -2.13. The molecule has 0 unspecified atom stereocenters. The molecule has 104 valence electrons. The molecule has 2 rings (SSSR count). The van der Waals surface area contributed by atoms with Crippen LogP contribution in [0.4, 0.5) is 5.69 Å². The number of carbonyl (C=O) groups is 1. The standard InChI is InChI=1S/C16H18N2O2/c1-9-5-10(2)15(11(3)6-9)18-16(20)13-7-12(4)17-14(19)8-13/h5-8H,1-4H3,(H,17,19)(H,18,20). The highest BCUT2D eigenvalue weighted by molar-refractivity contribution is 6.05. The zero-order valence-corrected chi connectivity index (χ0v) is 12.1. The van der Waals surface area contributed by atoms with Gasteiger partial charge in [0.05, 0.1) is 0 Å². The number of hydrogen-bond acceptors (Lipinski definition) is 2. The molecule has 2 N–H and O–H groups in total. The van der Waals surface area contributed by atoms with Gasteiger partial charge in [0, 0.05) is 23.0 Å². The molecule has 0 saturated heterocycles. The Kier molecular flexibility index (Phi) is 3.74. The zero-order valence-electron chi connectivity index (χ0n) is 12.1. The van der Waals surface area contributed by atoms with Crippen LogP contribution in [0.2, 0.25) is 0 Å². The SMILES string of the molecule is Cc1cc(C)c(NC(=O)c2cc(C)[nH]c(=O)c2)c(C)c1. The molecule has 4 nitrogen and oxygen atoms in total. The molecular formula is C16H18N2O2. The van der Waals surface area contributed by atoms with Crippen LogP contribution in [0.25, 0.3) is 0 Å². The van der Waals surface area contributed by atoms with Crippen LogP contribution in [0.1, 0.15) is 32.7 Å². The lowest BCUT2D eigenvalue weighted by atomic mass is 10.0. The summed E-state index contributed by atoms with van der Waals surface area (Å²) in [5.41, 5.74) is 4.75. The third kappa shape index (κ3) is 2.96. The minimum Gasteiger partial charge on any atom is -0.326 e. The number of nitrogens with one attached hydrogen (secondary N) is 2. The number of aryl methyl sites for hydroxylation is 4. The summed E-state index contributed by atoms with van der Waals surface area (Å²) in [5.74, 6) is -0.269. The first-order chi connectivity index (χ1) is 9.36. The van der Waals surface area contributed by atoms with E-state index in [1.54, 1.807) is 13.0 Å². The third-order valence-electron chi connectivity index (χ3n) is 3.16. The Balaban J connectivity index is 2.35. The minimum absolute atomic E-state index is 0.269. The van der Waals surface area contributed by atoms with E-state index in [1.807, 2.05) is 32.9 Å². The van der Waals surface area contributed by atoms with Crippen molar-refractivity contribution in [2.75, 3.05) is 5.32 Å². The first-order valence-electron chi connectivity index (χ1n) is 6.47. The van der Waals surface area contributed by atoms with Crippen LogP contribution in [0.3, 0.4) is 0 Å². The maximum atomic E-state index is 12.2. The molecule has 0 aliphatic carbocycles. The van der Waals surface area contributed by atoms with Gasteiger partial charge in [-0.1, -0.05) is 17.7 Å². The van der Waals surface area contributed by atoms with E-state index in [9.17, 15) is 9.59 Å². The van der Waals surface area contributed by atoms with Crippen molar-refractivity contribution in [1.29, 1.82) is 0 Å². The Bertz CT molecular complexity index is 706. The minimum atomic E-state index is -0.271. The molecule has 1 heterocycles. The van der Waals surface area contributed by atoms with Crippen molar-refractivity contribution in [2.24, 2.45) is 0 Å². The number of carbonyl (C=O) groups excluding carboxylic acids is 1. The maximum Gasteiger partial charge on any atom is 0.255 e. The molecular weight excluding hydrogens is 252 g/mol. The van der Waals surface area contributed by atoms with Crippen LogP contribution in [-0.4, -0.2) is 10.9 Å². The van der Waals surface area contributed by atoms with E-state index in [0.717, 1.165) is 22.4 Å². The average molecular weight is 270 g/mol. The molecule has 2 aromatic rings. The van der Waals surface area contributed by atoms with Gasteiger partial charge in [-0.2, -0.15) is 0 Å². The summed E-state index contributed by atoms with van der Waals surface area (Å²) in [6, 6.07) is 7.01. The lowest BCUT2D eigenvalue weighted by molar-refractivity contribution is 0.102. The Hall–Kier alpha value is -2.36. The average Bonchev–Trinajstić information content (AvgIpc) is 2.32. The number of aromatic amines is 1. The number of anilines is 1. The van der Waals surface area contributed by atoms with Crippen molar-refractivity contribution < 1.29 is 4.79 Å². The largest absolute Gasteiger partial charge is 0.326 e. The molecule has 0 radical (unpaired) electrons. The van der Waals surface area contributed by atoms with E-state index in [1.165, 1.54) is 6.07 Å². The second-order valence-corrected chi connectivity index (χ2v) is 5.14. The van der Waals surface area contributed by atoms with E-state index < -0.39 is 0 Å². The van der Waals surface area contributed by atoms with Gasteiger partial charge in [0.15, 0.2) is 0 Å². The molecule has 4 heteroatoms. The lowest BCUT2D eigenvalue weighted by Crippen LogP contribution is -2.18. The van der Waals surface area contributed by atoms with Gasteiger partial charge in [-0.05, 0) is 44.9 Å². The summed E-state index contributed by atoms with van der Waals surface area (Å²) in [6.45, 7) is 7.68. The van der Waals surface area contributed by atoms with Crippen molar-refractivity contribution in [2.45, 2.75) is 27.7 Å². The number of benzene rings is 1. The molecule has 0 atom stereocenters. The fourth-order valence-corrected chi connectivity index (χ4v) is 2.38. The van der Waals surface area contributed by atoms with Gasteiger partial charge < -0.3 is 10.3 Å². The van der Waals surface area contributed by atoms with Crippen molar-refractivity contribution in [3.63, 3.8) is 0 Å². The molecule has 0 bridgehead atoms. The second-order valence-electron chi connectivity index (χ2n) is 5.14. The molecule has 1 aromatic carbocycles. The summed E-state index contributed by atoms with van der Waals surface area (Å²) >= 11 is 0. The van der Waals surface area contributed by atoms with Gasteiger partial charge in [-0.15, -0.1) is 0 Å². The highest BCUT2D eigenvalue weighted by Crippen LogP contribution is 2.22. The Morgan fingerprint density at radius 2 is 1.60 bits per heavy atom. The number of amides is 1. The van der Waals surface area contributed by atoms with Crippen LogP contribution < -0.4 is 10.9 Å². The zero-order chi connectivity index (χ0) is 14.9. The molecule has 0 saturated carbocycles. The number of rotatable bonds is 2. The van der Waals surface area contributed by atoms with Gasteiger partial charge in [0.1, 0.15) is 0 Å². The van der Waals surface area contributed by atoms with Crippen molar-refractivity contribution in [1.82, 2.24) is 4.98 Å². The first-order valence-corrected chi connectivity index (χ1v) is 6.47. The van der Waals surface area contributed by atoms with Gasteiger partial charge >= 0.3 is 0 Å². The maximum absolute atomic E-state index is 12.2. The number of H-pyrrole nitrogens is 1. The molecule has 0 spiro atoms. The second kappa shape index (κ2) is 5.33. The van der Waals surface area contributed by atoms with Gasteiger partial charge in [-0.3, -0.25) is 9.59 Å². The molecule has 20 heavy (non-hydrogen) atoms. The summed E-state index contributed by atoms with van der Waals surface area (Å²) < 4.78 is 0. The fraction of sp³-hybridized carbons (Fsp3) is 0.250. The number of hydrogen-bond donors (Lipinski definition) is 2. The van der Waals surface area contributed by atoms with Crippen molar-refractivity contribution >= 4 is 11.6 Å². The van der Waals surface area contributed by atoms with E-state index in [0.29, 0.717) is 11.3 Å². The van der Waals surface area contributed by atoms with E-state index in [-0.39, 0.29) is 11.5 Å². The van der Waals surface area contributed by atoms with Gasteiger partial charge in [0.25, 0.3) is 5.91 Å². The van der Waals surface area contributed by atoms with Crippen LogP contribution in [-0.2, 0) is 0 Å². The van der Waals surface area contributed by atoms with E-state index >= 15 is 0 Å². The molecule has 0 aliphatic heterocycles. The number of pyridine rings is 1. The smallest absolute Gasteiger partial charge is 0.255 e. The molecule has 0 fully saturated rings. The Morgan fingerprint density at radius 1 is 1.00 bits per heavy atom. The topological polar surface area (TPSA) is 62.0 Å². The van der Waals surface area contributed by atoms with E-state index in [4.69, 9.17) is 0 Å². The monoisotopic (exact) mass is 270 g/mol. The summed E-state index contributed by atoms with van der Waals surface area (Å²) in [7, 11) is 0. The predicted molar refractivity (Wildman–Crippen MR) is 80.4 cm³/mol.